The average Bonchev–Trinajstić information content (AvgIpc) is 2.85. The fourth-order valence-corrected chi connectivity index (χ4v) is 3.40. The minimum absolute atomic E-state index is 0.148. The number of urea groups is 1. The summed E-state index contributed by atoms with van der Waals surface area (Å²) in [6, 6.07) is 7.47. The van der Waals surface area contributed by atoms with E-state index in [0.717, 1.165) is 34.2 Å². The Hall–Kier alpha value is -3.00. The number of imide groups is 1. The van der Waals surface area contributed by atoms with Gasteiger partial charge in [-0.25, -0.2) is 13.6 Å². The first kappa shape index (κ1) is 20.7. The number of hydrogen-bond donors (Lipinski definition) is 2. The summed E-state index contributed by atoms with van der Waals surface area (Å²) in [6.45, 7) is 4.63. The van der Waals surface area contributed by atoms with Crippen molar-refractivity contribution in [1.82, 2.24) is 10.2 Å². The molecule has 2 aromatic rings. The van der Waals surface area contributed by atoms with Crippen molar-refractivity contribution in [2.24, 2.45) is 0 Å². The number of aryl methyl sites for hydroxylation is 2. The first-order valence-electron chi connectivity index (χ1n) is 9.09. The Bertz CT molecular complexity index is 945. The molecule has 0 bridgehead atoms. The SMILES string of the molecule is Cc1cc(C)cc(OC[C@H](O)CN2C(=O)N[C@](C)(c3cc(F)ccc3F)C2=O)c1. The number of β-amino-alcohol motifs (C(OH)–C–C–N with tert-alkyl or cyclic N) is 1. The molecular formula is C21H22F2N2O4. The van der Waals surface area contributed by atoms with Gasteiger partial charge < -0.3 is 15.2 Å². The van der Waals surface area contributed by atoms with Crippen LogP contribution in [0, 0.1) is 25.5 Å². The lowest BCUT2D eigenvalue weighted by Crippen LogP contribution is -2.43. The number of aliphatic hydroxyl groups is 1. The third-order valence-corrected chi connectivity index (χ3v) is 4.77. The van der Waals surface area contributed by atoms with Crippen molar-refractivity contribution in [3.05, 3.63) is 64.7 Å². The van der Waals surface area contributed by atoms with E-state index in [0.29, 0.717) is 5.75 Å². The Kier molecular flexibility index (Phi) is 5.57. The van der Waals surface area contributed by atoms with E-state index in [1.54, 1.807) is 12.1 Å². The molecule has 1 heterocycles. The summed E-state index contributed by atoms with van der Waals surface area (Å²) in [6.07, 6.45) is -1.16. The van der Waals surface area contributed by atoms with Crippen molar-refractivity contribution in [3.8, 4) is 5.75 Å². The monoisotopic (exact) mass is 404 g/mol. The molecule has 1 aliphatic heterocycles. The lowest BCUT2D eigenvalue weighted by molar-refractivity contribution is -0.132. The smallest absolute Gasteiger partial charge is 0.325 e. The molecule has 3 amide bonds. The van der Waals surface area contributed by atoms with E-state index >= 15 is 0 Å². The fourth-order valence-electron chi connectivity index (χ4n) is 3.40. The average molecular weight is 404 g/mol. The van der Waals surface area contributed by atoms with Crippen molar-refractivity contribution in [2.75, 3.05) is 13.2 Å². The number of hydrogen-bond acceptors (Lipinski definition) is 4. The lowest BCUT2D eigenvalue weighted by Gasteiger charge is -2.23. The first-order chi connectivity index (χ1) is 13.6. The van der Waals surface area contributed by atoms with Gasteiger partial charge in [0, 0.05) is 5.56 Å². The predicted molar refractivity (Wildman–Crippen MR) is 101 cm³/mol. The third-order valence-electron chi connectivity index (χ3n) is 4.77. The van der Waals surface area contributed by atoms with E-state index in [1.165, 1.54) is 6.92 Å². The van der Waals surface area contributed by atoms with Crippen LogP contribution in [0.15, 0.2) is 36.4 Å². The summed E-state index contributed by atoms with van der Waals surface area (Å²) in [7, 11) is 0. The van der Waals surface area contributed by atoms with Crippen LogP contribution < -0.4 is 10.1 Å². The van der Waals surface area contributed by atoms with Crippen LogP contribution in [0.4, 0.5) is 13.6 Å². The van der Waals surface area contributed by atoms with Gasteiger partial charge in [-0.2, -0.15) is 0 Å². The quantitative estimate of drug-likeness (QED) is 0.726. The number of halogens is 2. The summed E-state index contributed by atoms with van der Waals surface area (Å²) >= 11 is 0. The Balaban J connectivity index is 1.70. The number of nitrogens with one attached hydrogen (secondary N) is 1. The molecule has 154 valence electrons. The maximum atomic E-state index is 14.2. The van der Waals surface area contributed by atoms with Crippen LogP contribution in [0.1, 0.15) is 23.6 Å². The summed E-state index contributed by atoms with van der Waals surface area (Å²) in [5.41, 5.74) is -0.0513. The molecule has 6 nitrogen and oxygen atoms in total. The van der Waals surface area contributed by atoms with Gasteiger partial charge in [-0.15, -0.1) is 0 Å². The zero-order valence-corrected chi connectivity index (χ0v) is 16.3. The Morgan fingerprint density at radius 3 is 2.45 bits per heavy atom. The van der Waals surface area contributed by atoms with E-state index in [4.69, 9.17) is 4.74 Å². The van der Waals surface area contributed by atoms with Gasteiger partial charge >= 0.3 is 6.03 Å². The Morgan fingerprint density at radius 1 is 1.14 bits per heavy atom. The molecule has 3 rings (SSSR count). The van der Waals surface area contributed by atoms with Crippen molar-refractivity contribution >= 4 is 11.9 Å². The number of ether oxygens (including phenoxy) is 1. The van der Waals surface area contributed by atoms with Crippen molar-refractivity contribution in [1.29, 1.82) is 0 Å². The van der Waals surface area contributed by atoms with Crippen LogP contribution in [0.5, 0.6) is 5.75 Å². The molecule has 0 saturated carbocycles. The molecule has 2 atom stereocenters. The molecule has 0 radical (unpaired) electrons. The largest absolute Gasteiger partial charge is 0.491 e. The van der Waals surface area contributed by atoms with Crippen LogP contribution in [-0.2, 0) is 10.3 Å². The molecule has 29 heavy (non-hydrogen) atoms. The van der Waals surface area contributed by atoms with E-state index < -0.39 is 35.2 Å². The van der Waals surface area contributed by atoms with E-state index in [2.05, 4.69) is 5.32 Å². The highest BCUT2D eigenvalue weighted by molar-refractivity contribution is 6.07. The standard InChI is InChI=1S/C21H22F2N2O4/c1-12-6-13(2)8-16(7-12)29-11-15(26)10-25-19(27)21(3,24-20(25)28)17-9-14(22)4-5-18(17)23/h4-9,15,26H,10-11H2,1-3H3,(H,24,28)/t15-,21-/m1/s1. The van der Waals surface area contributed by atoms with Crippen molar-refractivity contribution in [3.63, 3.8) is 0 Å². The topological polar surface area (TPSA) is 78.9 Å². The predicted octanol–water partition coefficient (Wildman–Crippen LogP) is 2.79. The van der Waals surface area contributed by atoms with Crippen LogP contribution in [0.25, 0.3) is 0 Å². The van der Waals surface area contributed by atoms with Gasteiger partial charge in [0.05, 0.1) is 6.54 Å². The molecule has 2 N–H and O–H groups in total. The molecule has 8 heteroatoms. The van der Waals surface area contributed by atoms with Gasteiger partial charge in [-0.3, -0.25) is 9.69 Å². The van der Waals surface area contributed by atoms with Crippen LogP contribution >= 0.6 is 0 Å². The summed E-state index contributed by atoms with van der Waals surface area (Å²) in [5.74, 6) is -1.77. The van der Waals surface area contributed by atoms with E-state index in [-0.39, 0.29) is 18.7 Å². The second-order valence-corrected chi connectivity index (χ2v) is 7.38. The van der Waals surface area contributed by atoms with E-state index in [1.807, 2.05) is 19.9 Å². The molecule has 2 aromatic carbocycles. The third kappa shape index (κ3) is 4.22. The highest BCUT2D eigenvalue weighted by atomic mass is 19.1. The second-order valence-electron chi connectivity index (χ2n) is 7.38. The van der Waals surface area contributed by atoms with Crippen molar-refractivity contribution < 1.29 is 28.2 Å². The Morgan fingerprint density at radius 2 is 1.79 bits per heavy atom. The molecule has 0 unspecified atom stereocenters. The second kappa shape index (κ2) is 7.79. The molecule has 1 aliphatic rings. The fraction of sp³-hybridized carbons (Fsp3) is 0.333. The summed E-state index contributed by atoms with van der Waals surface area (Å²) in [5, 5.41) is 12.6. The lowest BCUT2D eigenvalue weighted by atomic mass is 9.91. The van der Waals surface area contributed by atoms with Gasteiger partial charge in [-0.05, 0) is 62.2 Å². The summed E-state index contributed by atoms with van der Waals surface area (Å²) < 4.78 is 33.3. The van der Waals surface area contributed by atoms with Gasteiger partial charge in [-0.1, -0.05) is 6.07 Å². The van der Waals surface area contributed by atoms with Gasteiger partial charge in [0.1, 0.15) is 35.6 Å². The van der Waals surface area contributed by atoms with E-state index in [9.17, 15) is 23.5 Å². The zero-order valence-electron chi connectivity index (χ0n) is 16.3. The molecule has 0 aromatic heterocycles. The molecule has 0 spiro atoms. The van der Waals surface area contributed by atoms with Crippen LogP contribution in [-0.4, -0.2) is 41.2 Å². The summed E-state index contributed by atoms with van der Waals surface area (Å²) in [4.78, 5) is 25.9. The maximum absolute atomic E-state index is 14.2. The number of benzene rings is 2. The number of carbonyl (C=O) groups is 2. The molecule has 0 aliphatic carbocycles. The number of amides is 3. The van der Waals surface area contributed by atoms with Crippen LogP contribution in [0.3, 0.4) is 0 Å². The number of rotatable bonds is 6. The zero-order chi connectivity index (χ0) is 21.3. The van der Waals surface area contributed by atoms with Gasteiger partial charge in [0.2, 0.25) is 0 Å². The Labute approximate surface area is 167 Å². The highest BCUT2D eigenvalue weighted by Crippen LogP contribution is 2.31. The minimum atomic E-state index is -1.77. The number of carbonyl (C=O) groups excluding carboxylic acids is 2. The number of aliphatic hydroxyl groups excluding tert-OH is 1. The normalized spacial score (nSPS) is 20.0. The maximum Gasteiger partial charge on any atom is 0.325 e. The molecule has 1 fully saturated rings. The molecule has 1 saturated heterocycles. The van der Waals surface area contributed by atoms with Crippen molar-refractivity contribution in [2.45, 2.75) is 32.4 Å². The van der Waals surface area contributed by atoms with Gasteiger partial charge in [0.25, 0.3) is 5.91 Å². The van der Waals surface area contributed by atoms with Crippen LogP contribution in [0.2, 0.25) is 0 Å². The number of nitrogens with zero attached hydrogens (tertiary/aromatic N) is 1. The highest BCUT2D eigenvalue weighted by Gasteiger charge is 2.50. The first-order valence-corrected chi connectivity index (χ1v) is 9.09. The van der Waals surface area contributed by atoms with Gasteiger partial charge in [0.15, 0.2) is 0 Å². The minimum Gasteiger partial charge on any atom is -0.491 e. The molecular weight excluding hydrogens is 382 g/mol.